The van der Waals surface area contributed by atoms with Crippen LogP contribution in [0.15, 0.2) is 24.3 Å². The Labute approximate surface area is 143 Å². The van der Waals surface area contributed by atoms with E-state index in [-0.39, 0.29) is 18.4 Å². The van der Waals surface area contributed by atoms with Gasteiger partial charge in [-0.25, -0.2) is 9.59 Å². The molecule has 1 rings (SSSR count). The van der Waals surface area contributed by atoms with Gasteiger partial charge in [-0.2, -0.15) is 13.2 Å². The number of esters is 1. The highest BCUT2D eigenvalue weighted by Gasteiger charge is 2.62. The van der Waals surface area contributed by atoms with Crippen molar-refractivity contribution in [2.75, 3.05) is 18.6 Å². The Morgan fingerprint density at radius 2 is 1.72 bits per heavy atom. The Morgan fingerprint density at radius 3 is 2.12 bits per heavy atom. The fourth-order valence-electron chi connectivity index (χ4n) is 1.95. The SMILES string of the molecule is CCOC(=O)C(O)(c1ccc(N(C)C(=O)OC(C)C)cc1)C(F)(F)F. The molecule has 0 aliphatic heterocycles. The summed E-state index contributed by atoms with van der Waals surface area (Å²) in [5.74, 6) is -1.82. The van der Waals surface area contributed by atoms with Gasteiger partial charge in [-0.1, -0.05) is 12.1 Å². The summed E-state index contributed by atoms with van der Waals surface area (Å²) >= 11 is 0. The van der Waals surface area contributed by atoms with E-state index in [0.29, 0.717) is 0 Å². The van der Waals surface area contributed by atoms with Crippen LogP contribution in [0, 0.1) is 0 Å². The van der Waals surface area contributed by atoms with E-state index in [2.05, 4.69) is 4.74 Å². The summed E-state index contributed by atoms with van der Waals surface area (Å²) < 4.78 is 49.1. The minimum Gasteiger partial charge on any atom is -0.463 e. The maximum atomic E-state index is 13.3. The van der Waals surface area contributed by atoms with Gasteiger partial charge in [0.05, 0.1) is 12.7 Å². The summed E-state index contributed by atoms with van der Waals surface area (Å²) in [6.45, 7) is 4.31. The van der Waals surface area contributed by atoms with Crippen LogP contribution in [0.25, 0.3) is 0 Å². The lowest BCUT2D eigenvalue weighted by molar-refractivity contribution is -0.267. The highest BCUT2D eigenvalue weighted by molar-refractivity contribution is 5.87. The standard InChI is InChI=1S/C16H20F3NO5/c1-5-24-13(21)15(23,16(17,18)19)11-6-8-12(9-7-11)20(4)14(22)25-10(2)3/h6-10,23H,5H2,1-4H3. The number of carbonyl (C=O) groups is 2. The van der Waals surface area contributed by atoms with Crippen LogP contribution < -0.4 is 4.90 Å². The quantitative estimate of drug-likeness (QED) is 0.814. The molecule has 0 spiro atoms. The zero-order valence-electron chi connectivity index (χ0n) is 14.3. The van der Waals surface area contributed by atoms with E-state index >= 15 is 0 Å². The molecule has 0 aromatic heterocycles. The molecule has 0 heterocycles. The Hall–Kier alpha value is -2.29. The first-order valence-corrected chi connectivity index (χ1v) is 7.46. The van der Waals surface area contributed by atoms with E-state index in [4.69, 9.17) is 4.74 Å². The Morgan fingerprint density at radius 1 is 1.20 bits per heavy atom. The third kappa shape index (κ3) is 4.41. The lowest BCUT2D eigenvalue weighted by Gasteiger charge is -2.29. The molecule has 6 nitrogen and oxygen atoms in total. The van der Waals surface area contributed by atoms with Gasteiger partial charge in [-0.15, -0.1) is 0 Å². The number of halogens is 3. The Bertz CT molecular complexity index is 615. The number of alkyl halides is 3. The maximum Gasteiger partial charge on any atom is 0.432 e. The van der Waals surface area contributed by atoms with Crippen molar-refractivity contribution in [2.45, 2.75) is 38.7 Å². The highest BCUT2D eigenvalue weighted by atomic mass is 19.4. The van der Waals surface area contributed by atoms with Crippen LogP contribution in [0.3, 0.4) is 0 Å². The molecule has 140 valence electrons. The average molecular weight is 363 g/mol. The maximum absolute atomic E-state index is 13.3. The molecule has 0 bridgehead atoms. The van der Waals surface area contributed by atoms with E-state index < -0.39 is 29.4 Å². The smallest absolute Gasteiger partial charge is 0.432 e. The second-order valence-electron chi connectivity index (χ2n) is 5.47. The lowest BCUT2D eigenvalue weighted by atomic mass is 9.93. The average Bonchev–Trinajstić information content (AvgIpc) is 2.52. The molecule has 1 aromatic carbocycles. The molecule has 0 aliphatic rings. The molecule has 0 aliphatic carbocycles. The van der Waals surface area contributed by atoms with Gasteiger partial charge in [0.2, 0.25) is 0 Å². The van der Waals surface area contributed by atoms with Crippen molar-refractivity contribution in [3.63, 3.8) is 0 Å². The van der Waals surface area contributed by atoms with Crippen molar-refractivity contribution in [3.8, 4) is 0 Å². The summed E-state index contributed by atoms with van der Waals surface area (Å²) in [6, 6.07) is 4.12. The van der Waals surface area contributed by atoms with E-state index in [1.54, 1.807) is 13.8 Å². The molecule has 0 saturated carbocycles. The first kappa shape index (κ1) is 20.8. The van der Waals surface area contributed by atoms with E-state index in [1.165, 1.54) is 14.0 Å². The van der Waals surface area contributed by atoms with Gasteiger partial charge < -0.3 is 14.6 Å². The molecule has 1 atom stereocenters. The van der Waals surface area contributed by atoms with Crippen LogP contribution in [0.1, 0.15) is 26.3 Å². The monoisotopic (exact) mass is 363 g/mol. The van der Waals surface area contributed by atoms with Gasteiger partial charge in [-0.3, -0.25) is 4.90 Å². The Balaban J connectivity index is 3.17. The van der Waals surface area contributed by atoms with Crippen LogP contribution in [-0.4, -0.2) is 43.1 Å². The Kier molecular flexibility index (Phi) is 6.42. The number of hydrogen-bond donors (Lipinski definition) is 1. The normalized spacial score (nSPS) is 14.0. The summed E-state index contributed by atoms with van der Waals surface area (Å²) in [5.41, 5.74) is -4.28. The zero-order chi connectivity index (χ0) is 19.4. The number of hydrogen-bond acceptors (Lipinski definition) is 5. The highest BCUT2D eigenvalue weighted by Crippen LogP contribution is 2.40. The van der Waals surface area contributed by atoms with E-state index in [1.807, 2.05) is 0 Å². The summed E-state index contributed by atoms with van der Waals surface area (Å²) in [5, 5.41) is 9.97. The van der Waals surface area contributed by atoms with Gasteiger partial charge in [0.15, 0.2) is 0 Å². The number of aliphatic hydroxyl groups is 1. The summed E-state index contributed by atoms with van der Waals surface area (Å²) in [4.78, 5) is 24.6. The fraction of sp³-hybridized carbons (Fsp3) is 0.500. The molecule has 1 aromatic rings. The van der Waals surface area contributed by atoms with Gasteiger partial charge in [0.25, 0.3) is 5.60 Å². The van der Waals surface area contributed by atoms with Crippen molar-refractivity contribution < 1.29 is 37.3 Å². The number of ether oxygens (including phenoxy) is 2. The lowest BCUT2D eigenvalue weighted by Crippen LogP contribution is -2.50. The van der Waals surface area contributed by atoms with Gasteiger partial charge in [0.1, 0.15) is 0 Å². The molecule has 0 saturated heterocycles. The van der Waals surface area contributed by atoms with Crippen LogP contribution in [-0.2, 0) is 19.9 Å². The molecule has 0 fully saturated rings. The van der Waals surface area contributed by atoms with Crippen molar-refractivity contribution in [2.24, 2.45) is 0 Å². The first-order valence-electron chi connectivity index (χ1n) is 7.46. The van der Waals surface area contributed by atoms with Crippen molar-refractivity contribution in [3.05, 3.63) is 29.8 Å². The third-order valence-electron chi connectivity index (χ3n) is 3.26. The second kappa shape index (κ2) is 7.73. The van der Waals surface area contributed by atoms with E-state index in [0.717, 1.165) is 29.2 Å². The second-order valence-corrected chi connectivity index (χ2v) is 5.47. The molecular weight excluding hydrogens is 343 g/mol. The first-order chi connectivity index (χ1) is 11.4. The number of anilines is 1. The molecule has 1 unspecified atom stereocenters. The van der Waals surface area contributed by atoms with Crippen molar-refractivity contribution in [1.82, 2.24) is 0 Å². The number of rotatable bonds is 5. The molecule has 1 amide bonds. The van der Waals surface area contributed by atoms with Crippen molar-refractivity contribution in [1.29, 1.82) is 0 Å². The molecule has 0 radical (unpaired) electrons. The van der Waals surface area contributed by atoms with Crippen LogP contribution >= 0.6 is 0 Å². The molecule has 9 heteroatoms. The predicted octanol–water partition coefficient (Wildman–Crippen LogP) is 2.98. The largest absolute Gasteiger partial charge is 0.463 e. The number of amides is 1. The van der Waals surface area contributed by atoms with Crippen LogP contribution in [0.2, 0.25) is 0 Å². The number of nitrogens with zero attached hydrogens (tertiary/aromatic N) is 1. The zero-order valence-corrected chi connectivity index (χ0v) is 14.3. The minimum atomic E-state index is -5.27. The van der Waals surface area contributed by atoms with Gasteiger partial charge in [-0.05, 0) is 32.9 Å². The molecular formula is C16H20F3NO5. The van der Waals surface area contributed by atoms with Gasteiger partial charge >= 0.3 is 18.2 Å². The third-order valence-corrected chi connectivity index (χ3v) is 3.26. The minimum absolute atomic E-state index is 0.225. The van der Waals surface area contributed by atoms with Gasteiger partial charge in [0, 0.05) is 18.3 Å². The summed E-state index contributed by atoms with van der Waals surface area (Å²) in [7, 11) is 1.38. The fourth-order valence-corrected chi connectivity index (χ4v) is 1.95. The molecule has 1 N–H and O–H groups in total. The van der Waals surface area contributed by atoms with Crippen LogP contribution in [0.5, 0.6) is 0 Å². The van der Waals surface area contributed by atoms with Crippen LogP contribution in [0.4, 0.5) is 23.7 Å². The summed E-state index contributed by atoms with van der Waals surface area (Å²) in [6.07, 6.45) is -6.34. The predicted molar refractivity (Wildman–Crippen MR) is 83.0 cm³/mol. The van der Waals surface area contributed by atoms with E-state index in [9.17, 15) is 27.9 Å². The molecule has 25 heavy (non-hydrogen) atoms. The number of carbonyl (C=O) groups excluding carboxylic acids is 2. The topological polar surface area (TPSA) is 76.1 Å². The number of benzene rings is 1. The van der Waals surface area contributed by atoms with Crippen molar-refractivity contribution >= 4 is 17.7 Å².